The summed E-state index contributed by atoms with van der Waals surface area (Å²) >= 11 is 0. The number of ether oxygens (including phenoxy) is 3. The van der Waals surface area contributed by atoms with Crippen LogP contribution in [0.4, 0.5) is 0 Å². The molecule has 2 saturated heterocycles. The largest absolute Gasteiger partial charge is 0.497 e. The van der Waals surface area contributed by atoms with Crippen LogP contribution in [0.25, 0.3) is 0 Å². The molecule has 2 atom stereocenters. The number of guanidine groups is 1. The molecule has 0 aromatic heterocycles. The van der Waals surface area contributed by atoms with Gasteiger partial charge in [0.2, 0.25) is 0 Å². The van der Waals surface area contributed by atoms with Crippen molar-refractivity contribution < 1.29 is 14.2 Å². The van der Waals surface area contributed by atoms with Gasteiger partial charge in [-0.15, -0.1) is 0 Å². The van der Waals surface area contributed by atoms with E-state index in [0.717, 1.165) is 50.8 Å². The van der Waals surface area contributed by atoms with E-state index in [1.165, 1.54) is 5.56 Å². The first-order valence-corrected chi connectivity index (χ1v) is 10.4. The van der Waals surface area contributed by atoms with E-state index in [1.807, 2.05) is 12.1 Å². The lowest BCUT2D eigenvalue weighted by Gasteiger charge is -2.37. The molecule has 2 unspecified atom stereocenters. The summed E-state index contributed by atoms with van der Waals surface area (Å²) in [7, 11) is 1.70. The van der Waals surface area contributed by atoms with E-state index < -0.39 is 0 Å². The van der Waals surface area contributed by atoms with Crippen LogP contribution in [0.15, 0.2) is 29.3 Å². The maximum absolute atomic E-state index is 6.00. The third-order valence-corrected chi connectivity index (χ3v) is 5.58. The fourth-order valence-corrected chi connectivity index (χ4v) is 3.82. The second-order valence-electron chi connectivity index (χ2n) is 8.19. The van der Waals surface area contributed by atoms with Crippen LogP contribution in [-0.2, 0) is 14.9 Å². The van der Waals surface area contributed by atoms with Crippen molar-refractivity contribution in [2.45, 2.75) is 51.2 Å². The molecular weight excluding hydrogens is 354 g/mol. The minimum atomic E-state index is -0.0878. The first-order chi connectivity index (χ1) is 13.5. The molecule has 0 aliphatic carbocycles. The summed E-state index contributed by atoms with van der Waals surface area (Å²) in [6.07, 6.45) is 2.58. The highest BCUT2D eigenvalue weighted by molar-refractivity contribution is 5.80. The average Bonchev–Trinajstić information content (AvgIpc) is 3.26. The van der Waals surface area contributed by atoms with Crippen molar-refractivity contribution >= 4 is 5.96 Å². The van der Waals surface area contributed by atoms with Crippen molar-refractivity contribution in [3.8, 4) is 5.75 Å². The van der Waals surface area contributed by atoms with E-state index in [4.69, 9.17) is 19.2 Å². The number of hydrogen-bond donors (Lipinski definition) is 1. The van der Waals surface area contributed by atoms with E-state index in [2.05, 4.69) is 43.1 Å². The van der Waals surface area contributed by atoms with Gasteiger partial charge in [-0.25, -0.2) is 0 Å². The highest BCUT2D eigenvalue weighted by Crippen LogP contribution is 2.27. The Bertz CT molecular complexity index is 656. The molecule has 2 aliphatic heterocycles. The molecule has 6 heteroatoms. The van der Waals surface area contributed by atoms with Gasteiger partial charge in [0.1, 0.15) is 11.9 Å². The number of nitrogens with one attached hydrogen (secondary N) is 1. The van der Waals surface area contributed by atoms with Gasteiger partial charge in [-0.05, 0) is 37.5 Å². The molecule has 0 spiro atoms. The molecule has 0 bridgehead atoms. The highest BCUT2D eigenvalue weighted by atomic mass is 16.5. The zero-order chi connectivity index (χ0) is 20.0. The van der Waals surface area contributed by atoms with Crippen LogP contribution >= 0.6 is 0 Å². The Kier molecular flexibility index (Phi) is 7.18. The number of methoxy groups -OCH3 is 1. The van der Waals surface area contributed by atoms with Gasteiger partial charge >= 0.3 is 0 Å². The molecule has 6 nitrogen and oxygen atoms in total. The van der Waals surface area contributed by atoms with E-state index in [9.17, 15) is 0 Å². The van der Waals surface area contributed by atoms with Crippen molar-refractivity contribution in [1.82, 2.24) is 10.2 Å². The molecule has 156 valence electrons. The summed E-state index contributed by atoms with van der Waals surface area (Å²) < 4.78 is 17.2. The van der Waals surface area contributed by atoms with Gasteiger partial charge in [-0.3, -0.25) is 4.99 Å². The van der Waals surface area contributed by atoms with Crippen LogP contribution in [0.1, 0.15) is 39.2 Å². The third-order valence-electron chi connectivity index (χ3n) is 5.58. The summed E-state index contributed by atoms with van der Waals surface area (Å²) in [5.74, 6) is 1.85. The number of rotatable bonds is 6. The van der Waals surface area contributed by atoms with Crippen molar-refractivity contribution in [2.75, 3.05) is 46.5 Å². The van der Waals surface area contributed by atoms with Gasteiger partial charge in [0, 0.05) is 31.7 Å². The first-order valence-electron chi connectivity index (χ1n) is 10.4. The predicted molar refractivity (Wildman–Crippen MR) is 112 cm³/mol. The molecule has 2 heterocycles. The number of aliphatic imine (C=N–C) groups is 1. The molecule has 28 heavy (non-hydrogen) atoms. The van der Waals surface area contributed by atoms with Crippen LogP contribution < -0.4 is 10.1 Å². The topological polar surface area (TPSA) is 55.3 Å². The van der Waals surface area contributed by atoms with Crippen molar-refractivity contribution in [3.63, 3.8) is 0 Å². The Labute approximate surface area is 169 Å². The number of benzene rings is 1. The number of morpholine rings is 1. The summed E-state index contributed by atoms with van der Waals surface area (Å²) in [6.45, 7) is 11.4. The SMILES string of the molecule is CCNC(=NCC(C)(C)c1cccc(OC)c1)N1CCOC(C2CCCO2)C1. The monoisotopic (exact) mass is 389 g/mol. The molecule has 2 fully saturated rings. The summed E-state index contributed by atoms with van der Waals surface area (Å²) in [5.41, 5.74) is 1.14. The highest BCUT2D eigenvalue weighted by Gasteiger charge is 2.32. The normalized spacial score (nSPS) is 23.7. The molecule has 0 saturated carbocycles. The molecule has 1 aromatic carbocycles. The molecule has 0 amide bonds. The Morgan fingerprint density at radius 1 is 1.29 bits per heavy atom. The van der Waals surface area contributed by atoms with Crippen LogP contribution in [0.3, 0.4) is 0 Å². The lowest BCUT2D eigenvalue weighted by atomic mass is 9.84. The maximum atomic E-state index is 6.00. The van der Waals surface area contributed by atoms with Crippen LogP contribution in [0.5, 0.6) is 5.75 Å². The number of hydrogen-bond acceptors (Lipinski definition) is 4. The van der Waals surface area contributed by atoms with Gasteiger partial charge in [-0.2, -0.15) is 0 Å². The van der Waals surface area contributed by atoms with Crippen LogP contribution in [-0.4, -0.2) is 69.6 Å². The number of nitrogens with zero attached hydrogens (tertiary/aromatic N) is 2. The molecular formula is C22H35N3O3. The Morgan fingerprint density at radius 2 is 2.11 bits per heavy atom. The molecule has 3 rings (SSSR count). The minimum absolute atomic E-state index is 0.0878. The quantitative estimate of drug-likeness (QED) is 0.599. The average molecular weight is 390 g/mol. The molecule has 1 N–H and O–H groups in total. The van der Waals surface area contributed by atoms with Gasteiger partial charge in [0.05, 0.1) is 26.4 Å². The smallest absolute Gasteiger partial charge is 0.194 e. The van der Waals surface area contributed by atoms with Crippen molar-refractivity contribution in [3.05, 3.63) is 29.8 Å². The molecule has 0 radical (unpaired) electrons. The van der Waals surface area contributed by atoms with E-state index in [1.54, 1.807) is 7.11 Å². The fourth-order valence-electron chi connectivity index (χ4n) is 3.82. The lowest BCUT2D eigenvalue weighted by molar-refractivity contribution is -0.0817. The zero-order valence-electron chi connectivity index (χ0n) is 17.7. The van der Waals surface area contributed by atoms with Crippen LogP contribution in [0.2, 0.25) is 0 Å². The maximum Gasteiger partial charge on any atom is 0.194 e. The van der Waals surface area contributed by atoms with E-state index in [0.29, 0.717) is 13.2 Å². The lowest BCUT2D eigenvalue weighted by Crippen LogP contribution is -2.53. The van der Waals surface area contributed by atoms with E-state index in [-0.39, 0.29) is 17.6 Å². The Morgan fingerprint density at radius 3 is 2.82 bits per heavy atom. The first kappa shape index (κ1) is 20.9. The zero-order valence-corrected chi connectivity index (χ0v) is 17.7. The van der Waals surface area contributed by atoms with Crippen molar-refractivity contribution in [1.29, 1.82) is 0 Å². The Balaban J connectivity index is 1.70. The summed E-state index contributed by atoms with van der Waals surface area (Å²) in [4.78, 5) is 7.32. The van der Waals surface area contributed by atoms with Gasteiger partial charge in [0.25, 0.3) is 0 Å². The fraction of sp³-hybridized carbons (Fsp3) is 0.682. The minimum Gasteiger partial charge on any atom is -0.497 e. The van der Waals surface area contributed by atoms with Crippen molar-refractivity contribution in [2.24, 2.45) is 4.99 Å². The third kappa shape index (κ3) is 5.17. The second-order valence-corrected chi connectivity index (χ2v) is 8.19. The summed E-state index contributed by atoms with van der Waals surface area (Å²) in [5, 5.41) is 3.46. The second kappa shape index (κ2) is 9.61. The van der Waals surface area contributed by atoms with Gasteiger partial charge in [-0.1, -0.05) is 26.0 Å². The standard InChI is InChI=1S/C22H35N3O3/c1-5-23-21(25-11-13-28-20(15-25)19-10-7-12-27-19)24-16-22(2,3)17-8-6-9-18(14-17)26-4/h6,8-9,14,19-20H,5,7,10-13,15-16H2,1-4H3,(H,23,24). The summed E-state index contributed by atoms with van der Waals surface area (Å²) in [6, 6.07) is 8.27. The molecule has 2 aliphatic rings. The predicted octanol–water partition coefficient (Wildman–Crippen LogP) is 2.82. The van der Waals surface area contributed by atoms with Gasteiger partial charge in [0.15, 0.2) is 5.96 Å². The molecule has 1 aromatic rings. The Hall–Kier alpha value is -1.79. The van der Waals surface area contributed by atoms with Crippen LogP contribution in [0, 0.1) is 0 Å². The van der Waals surface area contributed by atoms with E-state index >= 15 is 0 Å². The van der Waals surface area contributed by atoms with Gasteiger partial charge < -0.3 is 24.4 Å².